The molecule has 0 saturated heterocycles. The number of benzene rings is 1. The predicted molar refractivity (Wildman–Crippen MR) is 66.1 cm³/mol. The van der Waals surface area contributed by atoms with Gasteiger partial charge in [-0.2, -0.15) is 0 Å². The van der Waals surface area contributed by atoms with Gasteiger partial charge >= 0.3 is 5.97 Å². The maximum absolute atomic E-state index is 10.3. The summed E-state index contributed by atoms with van der Waals surface area (Å²) in [6.07, 6.45) is 0.780. The van der Waals surface area contributed by atoms with Gasteiger partial charge in [-0.1, -0.05) is 15.9 Å². The Hall–Kier alpha value is -1.23. The number of hydrogen-bond acceptors (Lipinski definition) is 3. The first-order valence-electron chi connectivity index (χ1n) is 4.92. The third kappa shape index (κ3) is 4.53. The molecule has 0 aliphatic heterocycles. The Balaban J connectivity index is 2.47. The van der Waals surface area contributed by atoms with Crippen molar-refractivity contribution in [3.63, 3.8) is 0 Å². The molecule has 0 amide bonds. The van der Waals surface area contributed by atoms with Gasteiger partial charge in [0.25, 0.3) is 0 Å². The minimum absolute atomic E-state index is 0.179. The number of ether oxygens (including phenoxy) is 1. The van der Waals surface area contributed by atoms with E-state index in [0.717, 1.165) is 15.9 Å². The Kier molecular flexibility index (Phi) is 5.11. The first-order chi connectivity index (χ1) is 7.61. The van der Waals surface area contributed by atoms with Crippen LogP contribution in [-0.4, -0.2) is 24.7 Å². The van der Waals surface area contributed by atoms with Crippen LogP contribution in [0.25, 0.3) is 0 Å². The Morgan fingerprint density at radius 3 is 2.88 bits per heavy atom. The monoisotopic (exact) mass is 287 g/mol. The molecule has 0 atom stereocenters. The summed E-state index contributed by atoms with van der Waals surface area (Å²) in [6.45, 7) is 0.631. The van der Waals surface area contributed by atoms with E-state index in [1.54, 1.807) is 7.11 Å². The average molecular weight is 288 g/mol. The molecule has 88 valence electrons. The molecule has 0 radical (unpaired) electrons. The number of anilines is 1. The van der Waals surface area contributed by atoms with Gasteiger partial charge < -0.3 is 15.2 Å². The fourth-order valence-electron chi connectivity index (χ4n) is 1.25. The molecule has 5 heteroatoms. The molecule has 0 heterocycles. The first kappa shape index (κ1) is 12.8. The number of methoxy groups -OCH3 is 1. The number of carboxylic acid groups (broad SMARTS) is 1. The third-order valence-corrected chi connectivity index (χ3v) is 2.46. The summed E-state index contributed by atoms with van der Waals surface area (Å²) in [5, 5.41) is 11.6. The topological polar surface area (TPSA) is 58.6 Å². The number of carbonyl (C=O) groups is 1. The van der Waals surface area contributed by atoms with Crippen molar-refractivity contribution >= 4 is 27.6 Å². The highest BCUT2D eigenvalue weighted by molar-refractivity contribution is 9.10. The van der Waals surface area contributed by atoms with Gasteiger partial charge in [0.05, 0.1) is 7.11 Å². The maximum atomic E-state index is 10.3. The summed E-state index contributed by atoms with van der Waals surface area (Å²) in [5.41, 5.74) is 0.914. The molecule has 4 nitrogen and oxygen atoms in total. The second kappa shape index (κ2) is 6.37. The summed E-state index contributed by atoms with van der Waals surface area (Å²) in [7, 11) is 1.61. The van der Waals surface area contributed by atoms with E-state index in [0.29, 0.717) is 13.0 Å². The van der Waals surface area contributed by atoms with Crippen molar-refractivity contribution in [1.29, 1.82) is 0 Å². The highest BCUT2D eigenvalue weighted by Gasteiger charge is 2.00. The molecule has 0 spiro atoms. The lowest BCUT2D eigenvalue weighted by atomic mass is 10.2. The highest BCUT2D eigenvalue weighted by atomic mass is 79.9. The molecule has 0 aromatic heterocycles. The van der Waals surface area contributed by atoms with E-state index in [4.69, 9.17) is 9.84 Å². The van der Waals surface area contributed by atoms with E-state index in [9.17, 15) is 4.79 Å². The highest BCUT2D eigenvalue weighted by Crippen LogP contribution is 2.24. The van der Waals surface area contributed by atoms with E-state index in [1.807, 2.05) is 18.2 Å². The van der Waals surface area contributed by atoms with Gasteiger partial charge in [0.1, 0.15) is 5.75 Å². The SMILES string of the molecule is COc1cc(Br)cc(NCCCC(=O)O)c1. The second-order valence-electron chi connectivity index (χ2n) is 3.30. The summed E-state index contributed by atoms with van der Waals surface area (Å²) < 4.78 is 6.04. The summed E-state index contributed by atoms with van der Waals surface area (Å²) >= 11 is 3.37. The van der Waals surface area contributed by atoms with Crippen molar-refractivity contribution in [1.82, 2.24) is 0 Å². The number of hydrogen-bond donors (Lipinski definition) is 2. The lowest BCUT2D eigenvalue weighted by Crippen LogP contribution is -2.04. The quantitative estimate of drug-likeness (QED) is 0.790. The molecule has 1 aromatic rings. The number of rotatable bonds is 6. The molecule has 0 aliphatic carbocycles. The number of aliphatic carboxylic acids is 1. The van der Waals surface area contributed by atoms with Crippen LogP contribution in [0.5, 0.6) is 5.75 Å². The Labute approximate surface area is 103 Å². The predicted octanol–water partition coefficient (Wildman–Crippen LogP) is 2.73. The van der Waals surface area contributed by atoms with Crippen LogP contribution in [0.15, 0.2) is 22.7 Å². The zero-order valence-electron chi connectivity index (χ0n) is 9.00. The molecular formula is C11H14BrNO3. The second-order valence-corrected chi connectivity index (χ2v) is 4.22. The van der Waals surface area contributed by atoms with Crippen LogP contribution in [-0.2, 0) is 4.79 Å². The van der Waals surface area contributed by atoms with Crippen LogP contribution in [0, 0.1) is 0 Å². The van der Waals surface area contributed by atoms with E-state index < -0.39 is 5.97 Å². The van der Waals surface area contributed by atoms with Crippen molar-refractivity contribution in [2.24, 2.45) is 0 Å². The van der Waals surface area contributed by atoms with Crippen molar-refractivity contribution in [3.05, 3.63) is 22.7 Å². The van der Waals surface area contributed by atoms with Crippen LogP contribution in [0.2, 0.25) is 0 Å². The average Bonchev–Trinajstić information content (AvgIpc) is 2.23. The van der Waals surface area contributed by atoms with Gasteiger partial charge in [0.15, 0.2) is 0 Å². The third-order valence-electron chi connectivity index (χ3n) is 2.00. The summed E-state index contributed by atoms with van der Waals surface area (Å²) in [4.78, 5) is 10.3. The molecule has 0 unspecified atom stereocenters. The van der Waals surface area contributed by atoms with Crippen LogP contribution in [0.4, 0.5) is 5.69 Å². The molecule has 1 aromatic carbocycles. The van der Waals surface area contributed by atoms with E-state index in [-0.39, 0.29) is 6.42 Å². The lowest BCUT2D eigenvalue weighted by molar-refractivity contribution is -0.137. The van der Waals surface area contributed by atoms with Crippen molar-refractivity contribution < 1.29 is 14.6 Å². The minimum Gasteiger partial charge on any atom is -0.497 e. The Morgan fingerprint density at radius 1 is 1.50 bits per heavy atom. The van der Waals surface area contributed by atoms with Crippen molar-refractivity contribution in [3.8, 4) is 5.75 Å². The number of halogens is 1. The molecule has 0 aliphatic rings. The molecule has 16 heavy (non-hydrogen) atoms. The van der Waals surface area contributed by atoms with Crippen LogP contribution in [0.3, 0.4) is 0 Å². The fourth-order valence-corrected chi connectivity index (χ4v) is 1.73. The van der Waals surface area contributed by atoms with Crippen LogP contribution < -0.4 is 10.1 Å². The van der Waals surface area contributed by atoms with Gasteiger partial charge in [-0.25, -0.2) is 0 Å². The van der Waals surface area contributed by atoms with Gasteiger partial charge in [0.2, 0.25) is 0 Å². The molecule has 0 bridgehead atoms. The largest absolute Gasteiger partial charge is 0.497 e. The molecule has 0 fully saturated rings. The fraction of sp³-hybridized carbons (Fsp3) is 0.364. The number of carboxylic acids is 1. The molecule has 1 rings (SSSR count). The van der Waals surface area contributed by atoms with Gasteiger partial charge in [-0.3, -0.25) is 4.79 Å². The first-order valence-corrected chi connectivity index (χ1v) is 5.71. The molecular weight excluding hydrogens is 274 g/mol. The maximum Gasteiger partial charge on any atom is 0.303 e. The van der Waals surface area contributed by atoms with Gasteiger partial charge in [-0.05, 0) is 18.6 Å². The van der Waals surface area contributed by atoms with Crippen molar-refractivity contribution in [2.45, 2.75) is 12.8 Å². The zero-order valence-corrected chi connectivity index (χ0v) is 10.6. The number of nitrogens with one attached hydrogen (secondary N) is 1. The molecule has 2 N–H and O–H groups in total. The zero-order chi connectivity index (χ0) is 12.0. The normalized spacial score (nSPS) is 9.88. The Morgan fingerprint density at radius 2 is 2.25 bits per heavy atom. The standard InChI is InChI=1S/C11H14BrNO3/c1-16-10-6-8(12)5-9(7-10)13-4-2-3-11(14)15/h5-7,13H,2-4H2,1H3,(H,14,15). The lowest BCUT2D eigenvalue weighted by Gasteiger charge is -2.08. The van der Waals surface area contributed by atoms with E-state index in [2.05, 4.69) is 21.2 Å². The van der Waals surface area contributed by atoms with Gasteiger partial charge in [0, 0.05) is 29.2 Å². The molecule has 0 saturated carbocycles. The summed E-state index contributed by atoms with van der Waals surface area (Å²) in [5.74, 6) is -0.0104. The minimum atomic E-state index is -0.770. The summed E-state index contributed by atoms with van der Waals surface area (Å²) in [6, 6.07) is 5.65. The Bertz CT molecular complexity index is 368. The van der Waals surface area contributed by atoms with Crippen LogP contribution >= 0.6 is 15.9 Å². The van der Waals surface area contributed by atoms with Crippen molar-refractivity contribution in [2.75, 3.05) is 19.0 Å². The van der Waals surface area contributed by atoms with Crippen LogP contribution in [0.1, 0.15) is 12.8 Å². The smallest absolute Gasteiger partial charge is 0.303 e. The van der Waals surface area contributed by atoms with Gasteiger partial charge in [-0.15, -0.1) is 0 Å². The van der Waals surface area contributed by atoms with E-state index >= 15 is 0 Å². The van der Waals surface area contributed by atoms with E-state index in [1.165, 1.54) is 0 Å².